The zero-order valence-electron chi connectivity index (χ0n) is 13.0. The van der Waals surface area contributed by atoms with E-state index in [1.165, 1.54) is 0 Å². The van der Waals surface area contributed by atoms with Gasteiger partial charge in [-0.05, 0) is 18.9 Å². The molecule has 2 aromatic carbocycles. The molecule has 0 saturated carbocycles. The SMILES string of the molecule is COc1c[c-]c2c(c1)-c1ccc(N(C)C)cc1C1=NO[CH-]N12.[Ir]. The Morgan fingerprint density at radius 1 is 1.22 bits per heavy atom. The summed E-state index contributed by atoms with van der Waals surface area (Å²) >= 11 is 0. The number of nitrogens with zero attached hydrogens (tertiary/aromatic N) is 3. The van der Waals surface area contributed by atoms with Crippen molar-refractivity contribution in [3.8, 4) is 16.9 Å². The molecule has 0 aliphatic carbocycles. The number of ether oxygens (including phenoxy) is 1. The largest absolute Gasteiger partial charge is 0.554 e. The summed E-state index contributed by atoms with van der Waals surface area (Å²) in [5.41, 5.74) is 5.23. The molecule has 5 nitrogen and oxygen atoms in total. The molecule has 0 bridgehead atoms. The fourth-order valence-corrected chi connectivity index (χ4v) is 2.77. The van der Waals surface area contributed by atoms with Crippen LogP contribution in [0.25, 0.3) is 11.1 Å². The van der Waals surface area contributed by atoms with Crippen LogP contribution < -0.4 is 14.5 Å². The number of hydrogen-bond acceptors (Lipinski definition) is 5. The molecular weight excluding hydrogens is 470 g/mol. The molecule has 0 fully saturated rings. The van der Waals surface area contributed by atoms with Crippen LogP contribution in [0.1, 0.15) is 5.56 Å². The van der Waals surface area contributed by atoms with Crippen molar-refractivity contribution < 1.29 is 29.7 Å². The Bertz CT molecular complexity index is 789. The molecule has 0 amide bonds. The van der Waals surface area contributed by atoms with E-state index in [-0.39, 0.29) is 20.1 Å². The second kappa shape index (κ2) is 5.87. The third-order valence-electron chi connectivity index (χ3n) is 3.94. The van der Waals surface area contributed by atoms with Crippen molar-refractivity contribution in [2.45, 2.75) is 0 Å². The van der Waals surface area contributed by atoms with Gasteiger partial charge in [-0.25, -0.2) is 0 Å². The van der Waals surface area contributed by atoms with Gasteiger partial charge in [0, 0.05) is 51.2 Å². The average Bonchev–Trinajstić information content (AvgIpc) is 3.03. The molecule has 0 unspecified atom stereocenters. The molecule has 2 aliphatic rings. The van der Waals surface area contributed by atoms with Crippen LogP contribution in [0.4, 0.5) is 11.4 Å². The van der Waals surface area contributed by atoms with E-state index in [1.54, 1.807) is 13.8 Å². The molecule has 0 spiro atoms. The number of methoxy groups -OCH3 is 1. The van der Waals surface area contributed by atoms with Crippen LogP contribution in [0.3, 0.4) is 0 Å². The molecule has 0 atom stereocenters. The van der Waals surface area contributed by atoms with Crippen molar-refractivity contribution in [2.24, 2.45) is 5.16 Å². The van der Waals surface area contributed by atoms with Crippen molar-refractivity contribution in [2.75, 3.05) is 31.0 Å². The van der Waals surface area contributed by atoms with Crippen LogP contribution in [0.5, 0.6) is 5.75 Å². The van der Waals surface area contributed by atoms with E-state index in [9.17, 15) is 0 Å². The number of oxime groups is 1. The molecule has 0 N–H and O–H groups in total. The molecule has 2 aromatic rings. The van der Waals surface area contributed by atoms with E-state index in [4.69, 9.17) is 9.57 Å². The molecule has 1 radical (unpaired) electrons. The van der Waals surface area contributed by atoms with Crippen LogP contribution in [-0.4, -0.2) is 27.0 Å². The predicted molar refractivity (Wildman–Crippen MR) is 86.0 cm³/mol. The first-order valence-corrected chi connectivity index (χ1v) is 6.97. The molecular formula is C17H15IrN3O2-2. The summed E-state index contributed by atoms with van der Waals surface area (Å²) in [7, 11) is 5.70. The van der Waals surface area contributed by atoms with Crippen molar-refractivity contribution >= 4 is 17.2 Å². The number of benzene rings is 2. The second-order valence-electron chi connectivity index (χ2n) is 5.42. The van der Waals surface area contributed by atoms with Crippen LogP contribution in [0, 0.1) is 12.8 Å². The van der Waals surface area contributed by atoms with Gasteiger partial charge >= 0.3 is 0 Å². The molecule has 2 aliphatic heterocycles. The fourth-order valence-electron chi connectivity index (χ4n) is 2.77. The van der Waals surface area contributed by atoms with E-state index < -0.39 is 0 Å². The first-order valence-electron chi connectivity index (χ1n) is 6.97. The summed E-state index contributed by atoms with van der Waals surface area (Å²) in [5, 5.41) is 4.16. The molecule has 23 heavy (non-hydrogen) atoms. The monoisotopic (exact) mass is 486 g/mol. The van der Waals surface area contributed by atoms with Gasteiger partial charge in [-0.1, -0.05) is 17.3 Å². The van der Waals surface area contributed by atoms with Gasteiger partial charge in [-0.2, -0.15) is 6.07 Å². The van der Waals surface area contributed by atoms with E-state index in [0.29, 0.717) is 0 Å². The third kappa shape index (κ3) is 2.38. The number of anilines is 2. The van der Waals surface area contributed by atoms with Crippen molar-refractivity contribution in [3.05, 3.63) is 48.7 Å². The molecule has 0 aromatic heterocycles. The second-order valence-corrected chi connectivity index (χ2v) is 5.42. The third-order valence-corrected chi connectivity index (χ3v) is 3.94. The quantitative estimate of drug-likeness (QED) is 0.614. The summed E-state index contributed by atoms with van der Waals surface area (Å²) < 4.78 is 5.34. The standard InChI is InChI=1S/C17H15N3O2.Ir/c1-19(2)11-4-6-13-14-9-12(21-3)5-7-16(14)20-10-22-18-17(20)15(13)8-11;/h4-6,8-10H,1-3H3;/q-2;. The summed E-state index contributed by atoms with van der Waals surface area (Å²) in [6.07, 6.45) is 0. The van der Waals surface area contributed by atoms with E-state index in [0.717, 1.165) is 39.7 Å². The Kier molecular flexibility index (Phi) is 4.04. The van der Waals surface area contributed by atoms with Crippen LogP contribution >= 0.6 is 0 Å². The normalized spacial score (nSPS) is 13.9. The Labute approximate surface area is 148 Å². The minimum Gasteiger partial charge on any atom is -0.554 e. The topological polar surface area (TPSA) is 37.3 Å². The average molecular weight is 486 g/mol. The number of rotatable bonds is 2. The Hall–Kier alpha value is -2.04. The zero-order chi connectivity index (χ0) is 15.3. The van der Waals surface area contributed by atoms with E-state index >= 15 is 0 Å². The maximum Gasteiger partial charge on any atom is 0.148 e. The van der Waals surface area contributed by atoms with Gasteiger partial charge in [-0.3, -0.25) is 0 Å². The summed E-state index contributed by atoms with van der Waals surface area (Å²) in [6.45, 7) is 1.60. The Morgan fingerprint density at radius 3 is 2.78 bits per heavy atom. The summed E-state index contributed by atoms with van der Waals surface area (Å²) in [6, 6.07) is 13.4. The minimum absolute atomic E-state index is 0. The summed E-state index contributed by atoms with van der Waals surface area (Å²) in [4.78, 5) is 9.17. The molecule has 121 valence electrons. The van der Waals surface area contributed by atoms with Gasteiger partial charge < -0.3 is 19.4 Å². The number of amidine groups is 1. The maximum absolute atomic E-state index is 5.34. The van der Waals surface area contributed by atoms with Crippen molar-refractivity contribution in [3.63, 3.8) is 0 Å². The smallest absolute Gasteiger partial charge is 0.148 e. The first-order chi connectivity index (χ1) is 10.7. The van der Waals surface area contributed by atoms with Crippen molar-refractivity contribution in [1.82, 2.24) is 0 Å². The Balaban J connectivity index is 0.00000156. The van der Waals surface area contributed by atoms with Gasteiger partial charge in [0.05, 0.1) is 7.11 Å². The van der Waals surface area contributed by atoms with Crippen LogP contribution in [0.2, 0.25) is 0 Å². The molecule has 6 heteroatoms. The zero-order valence-corrected chi connectivity index (χ0v) is 15.4. The number of fused-ring (bicyclic) bond motifs is 6. The molecule has 4 rings (SSSR count). The minimum atomic E-state index is 0. The van der Waals surface area contributed by atoms with Crippen LogP contribution in [0.15, 0.2) is 35.5 Å². The van der Waals surface area contributed by atoms with Gasteiger partial charge in [-0.15, -0.1) is 22.9 Å². The fraction of sp³-hybridized carbons (Fsp3) is 0.176. The van der Waals surface area contributed by atoms with Gasteiger partial charge in [0.15, 0.2) is 0 Å². The molecule has 2 heterocycles. The van der Waals surface area contributed by atoms with Gasteiger partial charge in [0.25, 0.3) is 0 Å². The van der Waals surface area contributed by atoms with Crippen LogP contribution in [-0.2, 0) is 24.9 Å². The first kappa shape index (κ1) is 15.8. The number of hydrogen-bond donors (Lipinski definition) is 0. The van der Waals surface area contributed by atoms with Gasteiger partial charge in [0.2, 0.25) is 0 Å². The van der Waals surface area contributed by atoms with E-state index in [1.807, 2.05) is 31.1 Å². The van der Waals surface area contributed by atoms with Crippen molar-refractivity contribution in [1.29, 1.82) is 0 Å². The predicted octanol–water partition coefficient (Wildman–Crippen LogP) is 2.86. The van der Waals surface area contributed by atoms with E-state index in [2.05, 4.69) is 34.3 Å². The Morgan fingerprint density at radius 2 is 2.04 bits per heavy atom. The molecule has 0 saturated heterocycles. The van der Waals surface area contributed by atoms with Gasteiger partial charge in [0.1, 0.15) is 5.84 Å². The summed E-state index contributed by atoms with van der Waals surface area (Å²) in [5.74, 6) is 1.56. The maximum atomic E-state index is 5.34.